The van der Waals surface area contributed by atoms with Crippen LogP contribution in [0.4, 0.5) is 0 Å². The Hall–Kier alpha value is -2.27. The van der Waals surface area contributed by atoms with Crippen LogP contribution in [0.5, 0.6) is 0 Å². The van der Waals surface area contributed by atoms with E-state index in [0.717, 1.165) is 10.9 Å². The van der Waals surface area contributed by atoms with Crippen molar-refractivity contribution in [3.8, 4) is 6.07 Å². The Kier molecular flexibility index (Phi) is 4.33. The lowest BCUT2D eigenvalue weighted by atomic mass is 10.1. The molecule has 6 nitrogen and oxygen atoms in total. The summed E-state index contributed by atoms with van der Waals surface area (Å²) in [5, 5.41) is 11.4. The van der Waals surface area contributed by atoms with Gasteiger partial charge in [0.25, 0.3) is 0 Å². The van der Waals surface area contributed by atoms with Crippen LogP contribution in [0.2, 0.25) is 0 Å². The molecule has 2 aromatic heterocycles. The van der Waals surface area contributed by atoms with Crippen LogP contribution >= 0.6 is 0 Å². The lowest BCUT2D eigenvalue weighted by molar-refractivity contribution is -2.00. The third-order valence-electron chi connectivity index (χ3n) is 2.75. The number of rotatable bonds is 0. The average molecular weight is 305 g/mol. The van der Waals surface area contributed by atoms with Gasteiger partial charge in [-0.05, 0) is 17.5 Å². The number of halogens is 1. The topological polar surface area (TPSA) is 120 Å². The van der Waals surface area contributed by atoms with Gasteiger partial charge in [0.15, 0.2) is 12.4 Å². The first-order chi connectivity index (χ1) is 9.88. The fourth-order valence-corrected chi connectivity index (χ4v) is 1.95. The van der Waals surface area contributed by atoms with Gasteiger partial charge in [-0.1, -0.05) is 18.2 Å². The second-order valence-electron chi connectivity index (χ2n) is 4.11. The van der Waals surface area contributed by atoms with Crippen molar-refractivity contribution in [1.82, 2.24) is 0 Å². The molecule has 7 heteroatoms. The van der Waals surface area contributed by atoms with Crippen LogP contribution in [-0.4, -0.2) is 0 Å². The highest BCUT2D eigenvalue weighted by atomic mass is 35.7. The molecule has 0 bridgehead atoms. The van der Waals surface area contributed by atoms with Crippen LogP contribution in [0.15, 0.2) is 54.9 Å². The van der Waals surface area contributed by atoms with E-state index in [1.807, 2.05) is 47.1 Å². The molecule has 106 valence electrons. The fourth-order valence-electron chi connectivity index (χ4n) is 1.95. The van der Waals surface area contributed by atoms with Crippen LogP contribution in [0.25, 0.3) is 16.3 Å². The summed E-state index contributed by atoms with van der Waals surface area (Å²) in [7, 11) is -4.94. The van der Waals surface area contributed by atoms with Crippen molar-refractivity contribution < 1.29 is 33.3 Å². The Morgan fingerprint density at radius 2 is 1.57 bits per heavy atom. The quantitative estimate of drug-likeness (QED) is 0.341. The van der Waals surface area contributed by atoms with Crippen LogP contribution in [0.1, 0.15) is 5.56 Å². The van der Waals surface area contributed by atoms with Crippen LogP contribution in [-0.2, 0) is 0 Å². The van der Waals surface area contributed by atoms with E-state index in [1.54, 1.807) is 0 Å². The van der Waals surface area contributed by atoms with Gasteiger partial charge in [0.05, 0.1) is 0 Å². The van der Waals surface area contributed by atoms with Crippen LogP contribution in [0, 0.1) is 21.6 Å². The zero-order chi connectivity index (χ0) is 15.5. The second kappa shape index (κ2) is 6.01. The van der Waals surface area contributed by atoms with Crippen molar-refractivity contribution in [2.24, 2.45) is 0 Å². The Morgan fingerprint density at radius 3 is 2.19 bits per heavy atom. The molecule has 1 aromatic carbocycles. The number of aromatic nitrogens is 1. The normalized spacial score (nSPS) is 10.8. The number of nitrogens with zero attached hydrogens (tertiary/aromatic N) is 2. The SMILES string of the molecule is N#Cc1ccc[n+]2cc3ccccc3cc12.[O-][Cl+3]([O-])([O-])[O-]. The lowest BCUT2D eigenvalue weighted by Gasteiger charge is -2.17. The molecule has 0 spiro atoms. The largest absolute Gasteiger partial charge is 0.229 e. The van der Waals surface area contributed by atoms with Gasteiger partial charge in [-0.2, -0.15) is 9.66 Å². The number of nitriles is 1. The predicted molar refractivity (Wildman–Crippen MR) is 61.8 cm³/mol. The molecule has 0 aliphatic rings. The Labute approximate surface area is 122 Å². The average Bonchev–Trinajstić information content (AvgIpc) is 2.42. The first kappa shape index (κ1) is 15.1. The highest BCUT2D eigenvalue weighted by molar-refractivity contribution is 5.84. The molecule has 21 heavy (non-hydrogen) atoms. The summed E-state index contributed by atoms with van der Waals surface area (Å²) in [5.74, 6) is 0. The minimum absolute atomic E-state index is 0.702. The molecule has 0 fully saturated rings. The molecular formula is C14H9ClN2O4. The van der Waals surface area contributed by atoms with Crippen LogP contribution < -0.4 is 23.0 Å². The van der Waals surface area contributed by atoms with Crippen molar-refractivity contribution in [3.63, 3.8) is 0 Å². The van der Waals surface area contributed by atoms with Crippen molar-refractivity contribution in [2.45, 2.75) is 0 Å². The zero-order valence-corrected chi connectivity index (χ0v) is 11.4. The number of benzene rings is 1. The van der Waals surface area contributed by atoms with E-state index in [0.29, 0.717) is 5.56 Å². The fraction of sp³-hybridized carbons (Fsp3) is 0. The third-order valence-corrected chi connectivity index (χ3v) is 2.75. The summed E-state index contributed by atoms with van der Waals surface area (Å²) >= 11 is 0. The number of fused-ring (bicyclic) bond motifs is 2. The van der Waals surface area contributed by atoms with Gasteiger partial charge in [0, 0.05) is 17.5 Å². The van der Waals surface area contributed by atoms with Gasteiger partial charge in [-0.3, -0.25) is 0 Å². The lowest BCUT2D eigenvalue weighted by Crippen LogP contribution is -2.68. The maximum absolute atomic E-state index is 9.04. The maximum atomic E-state index is 9.04. The molecule has 0 N–H and O–H groups in total. The molecule has 0 saturated carbocycles. The standard InChI is InChI=1S/C14H9N2.ClHO4/c15-9-12-6-3-7-16-10-13-5-2-1-4-11(13)8-14(12)16;2-1(3,4)5/h1-8,10H;(H,2,3,4,5)/q+1;/p-1. The Morgan fingerprint density at radius 1 is 0.952 bits per heavy atom. The molecule has 0 aliphatic heterocycles. The summed E-state index contributed by atoms with van der Waals surface area (Å²) in [5.41, 5.74) is 1.65. The first-order valence-electron chi connectivity index (χ1n) is 5.73. The molecule has 3 rings (SSSR count). The van der Waals surface area contributed by atoms with E-state index >= 15 is 0 Å². The van der Waals surface area contributed by atoms with Crippen molar-refractivity contribution in [3.05, 3.63) is 60.4 Å². The molecule has 0 saturated heterocycles. The minimum Gasteiger partial charge on any atom is -0.222 e. The van der Waals surface area contributed by atoms with Gasteiger partial charge < -0.3 is 0 Å². The van der Waals surface area contributed by atoms with E-state index in [2.05, 4.69) is 18.2 Å². The summed E-state index contributed by atoms with van der Waals surface area (Å²) in [6.45, 7) is 0. The van der Waals surface area contributed by atoms with Crippen LogP contribution in [0.3, 0.4) is 0 Å². The minimum atomic E-state index is -4.94. The molecule has 0 radical (unpaired) electrons. The van der Waals surface area contributed by atoms with Gasteiger partial charge in [0.1, 0.15) is 11.6 Å². The zero-order valence-electron chi connectivity index (χ0n) is 10.6. The molecule has 0 amide bonds. The van der Waals surface area contributed by atoms with Gasteiger partial charge in [0.2, 0.25) is 5.52 Å². The first-order valence-corrected chi connectivity index (χ1v) is 6.96. The molecule has 0 atom stereocenters. The molecular weight excluding hydrogens is 296 g/mol. The number of hydrogen-bond donors (Lipinski definition) is 0. The molecule has 0 aliphatic carbocycles. The van der Waals surface area contributed by atoms with Crippen molar-refractivity contribution in [1.29, 1.82) is 5.26 Å². The van der Waals surface area contributed by atoms with E-state index in [4.69, 9.17) is 23.9 Å². The highest BCUT2D eigenvalue weighted by Crippen LogP contribution is 2.14. The van der Waals surface area contributed by atoms with E-state index < -0.39 is 10.2 Å². The predicted octanol–water partition coefficient (Wildman–Crippen LogP) is -2.31. The van der Waals surface area contributed by atoms with E-state index in [-0.39, 0.29) is 0 Å². The maximum Gasteiger partial charge on any atom is 0.229 e. The molecule has 3 aromatic rings. The third kappa shape index (κ3) is 4.10. The number of hydrogen-bond acceptors (Lipinski definition) is 5. The summed E-state index contributed by atoms with van der Waals surface area (Å²) in [4.78, 5) is 0. The summed E-state index contributed by atoms with van der Waals surface area (Å²) in [6.07, 6.45) is 4.01. The van der Waals surface area contributed by atoms with Gasteiger partial charge in [-0.25, -0.2) is 18.6 Å². The van der Waals surface area contributed by atoms with Gasteiger partial charge in [-0.15, -0.1) is 10.2 Å². The van der Waals surface area contributed by atoms with Crippen molar-refractivity contribution in [2.75, 3.05) is 0 Å². The number of pyridine rings is 2. The summed E-state index contributed by atoms with van der Waals surface area (Å²) in [6, 6.07) is 16.1. The highest BCUT2D eigenvalue weighted by Gasteiger charge is 2.08. The van der Waals surface area contributed by atoms with Gasteiger partial charge >= 0.3 is 0 Å². The Bertz CT molecular complexity index is 818. The molecule has 2 heterocycles. The molecule has 0 unspecified atom stereocenters. The summed E-state index contributed by atoms with van der Waals surface area (Å²) < 4.78 is 36.0. The van der Waals surface area contributed by atoms with Crippen molar-refractivity contribution >= 4 is 16.3 Å². The van der Waals surface area contributed by atoms with E-state index in [1.165, 1.54) is 5.39 Å². The smallest absolute Gasteiger partial charge is 0.222 e. The Balaban J connectivity index is 0.000000282. The second-order valence-corrected chi connectivity index (χ2v) is 4.86. The van der Waals surface area contributed by atoms with E-state index in [9.17, 15) is 0 Å². The monoisotopic (exact) mass is 304 g/mol.